The summed E-state index contributed by atoms with van der Waals surface area (Å²) >= 11 is 0. The van der Waals surface area contributed by atoms with Crippen molar-refractivity contribution in [3.63, 3.8) is 0 Å². The van der Waals surface area contributed by atoms with Gasteiger partial charge in [0.25, 0.3) is 0 Å². The molecule has 24 aromatic rings. The van der Waals surface area contributed by atoms with E-state index < -0.39 is 0 Å². The smallest absolute Gasteiger partial charge is 0.305 e. The molecule has 0 fully saturated rings. The van der Waals surface area contributed by atoms with Crippen molar-refractivity contribution < 1.29 is 60.3 Å². The first-order valence-corrected chi connectivity index (χ1v) is 43.1. The van der Waals surface area contributed by atoms with Crippen molar-refractivity contribution in [3.05, 3.63) is 565 Å². The fraction of sp³-hybridized carbons (Fsp3) is 0. The topological polar surface area (TPSA) is 116 Å². The summed E-state index contributed by atoms with van der Waals surface area (Å²) in [6.45, 7) is 0. The Morgan fingerprint density at radius 1 is 0.119 bits per heavy atom. The molecule has 0 N–H and O–H groups in total. The minimum absolute atomic E-state index is 0. The molecule has 9 nitrogen and oxygen atoms in total. The van der Waals surface area contributed by atoms with E-state index in [4.69, 9.17) is 0 Å². The summed E-state index contributed by atoms with van der Waals surface area (Å²) in [4.78, 5) is 39.3. The van der Waals surface area contributed by atoms with Gasteiger partial charge in [-0.1, -0.05) is 182 Å². The van der Waals surface area contributed by atoms with Crippen molar-refractivity contribution in [1.82, 2.24) is 44.9 Å². The molecule has 0 aliphatic carbocycles. The molecule has 9 heterocycles. The van der Waals surface area contributed by atoms with Crippen LogP contribution < -0.4 is 0 Å². The summed E-state index contributed by atoms with van der Waals surface area (Å²) in [5.41, 5.74) is 18.3. The van der Waals surface area contributed by atoms with Gasteiger partial charge in [-0.2, -0.15) is 0 Å². The van der Waals surface area contributed by atoms with Gasteiger partial charge >= 0.3 is 60.3 Å². The van der Waals surface area contributed by atoms with Crippen molar-refractivity contribution in [2.24, 2.45) is 0 Å². The van der Waals surface area contributed by atoms with E-state index in [0.717, 1.165) is 101 Å². The molecule has 0 bridgehead atoms. The molecule has 0 unspecified atom stereocenters. The maximum Gasteiger partial charge on any atom is 3.00 e. The molecule has 0 amide bonds. The standard InChI is InChI=1S/6C15H10N.3C11H8N.3Ir/c6*1-2-7-13(8-3-1)15-14-9-5-4-6-12(14)10-11-16-15;3*1-2-6-10(7-3-1)11-8-4-5-9-12-11;;;/h6*1-7,9-11H;3*1-6,8-9H;;;/q9*-1;3*+3. The van der Waals surface area contributed by atoms with Crippen LogP contribution in [0.5, 0.6) is 0 Å². The normalized spacial score (nSPS) is 10.0. The number of nitrogens with zero attached hydrogens (tertiary/aromatic N) is 9. The molecule has 12 heteroatoms. The predicted molar refractivity (Wildman–Crippen MR) is 542 cm³/mol. The van der Waals surface area contributed by atoms with E-state index in [-0.39, 0.29) is 60.3 Å². The van der Waals surface area contributed by atoms with Gasteiger partial charge in [0.05, 0.1) is 0 Å². The van der Waals surface area contributed by atoms with Crippen LogP contribution in [-0.2, 0) is 60.3 Å². The third kappa shape index (κ3) is 27.2. The van der Waals surface area contributed by atoms with E-state index >= 15 is 0 Å². The molecule has 15 aromatic carbocycles. The zero-order valence-corrected chi connectivity index (χ0v) is 80.2. The Morgan fingerprint density at radius 3 is 0.415 bits per heavy atom. The summed E-state index contributed by atoms with van der Waals surface area (Å²) in [5.74, 6) is 0. The van der Waals surface area contributed by atoms with Crippen molar-refractivity contribution in [3.8, 4) is 101 Å². The SMILES string of the molecule is [Ir+3].[Ir+3].[Ir+3].[c-]1ccccc1-c1ccccn1.[c-]1ccccc1-c1ccccn1.[c-]1ccccc1-c1ccccn1.[c-]1ccccc1-c1nccc2ccccc12.[c-]1ccccc1-c1nccc2ccccc12.[c-]1ccccc1-c1nccc2ccccc12.[c-]1ccccc1-c1nccc2ccccc12.[c-]1ccccc1-c1nccc2ccccc12.[c-]1ccccc1-c1nccc2ccccc12. The van der Waals surface area contributed by atoms with Crippen LogP contribution in [0.25, 0.3) is 166 Å². The molecule has 24 rings (SSSR count). The van der Waals surface area contributed by atoms with Crippen LogP contribution in [0.3, 0.4) is 0 Å². The molecule has 0 radical (unpaired) electrons. The fourth-order valence-corrected chi connectivity index (χ4v) is 14.5. The van der Waals surface area contributed by atoms with Gasteiger partial charge in [-0.3, -0.25) is 0 Å². The van der Waals surface area contributed by atoms with E-state index in [1.54, 1.807) is 18.6 Å². The Labute approximate surface area is 829 Å². The number of hydrogen-bond donors (Lipinski definition) is 0. The summed E-state index contributed by atoms with van der Waals surface area (Å²) in [6.07, 6.45) is 16.4. The molecule has 648 valence electrons. The maximum atomic E-state index is 4.45. The molecule has 0 atom stereocenters. The molecular weight excluding hydrogens is 2180 g/mol. The average molecular weight is 2260 g/mol. The number of benzene rings is 15. The third-order valence-electron chi connectivity index (χ3n) is 20.8. The first-order valence-electron chi connectivity index (χ1n) is 43.1. The molecule has 0 spiro atoms. The fourth-order valence-electron chi connectivity index (χ4n) is 14.5. The molecule has 135 heavy (non-hydrogen) atoms. The first-order chi connectivity index (χ1) is 65.6. The van der Waals surface area contributed by atoms with Crippen molar-refractivity contribution in [2.75, 3.05) is 0 Å². The second-order valence-electron chi connectivity index (χ2n) is 29.4. The Kier molecular flexibility index (Phi) is 37.4. The van der Waals surface area contributed by atoms with Crippen molar-refractivity contribution in [1.29, 1.82) is 0 Å². The van der Waals surface area contributed by atoms with Gasteiger partial charge in [0.2, 0.25) is 0 Å². The van der Waals surface area contributed by atoms with Crippen molar-refractivity contribution in [2.45, 2.75) is 0 Å². The van der Waals surface area contributed by atoms with E-state index in [1.165, 1.54) is 64.6 Å². The van der Waals surface area contributed by atoms with Crippen LogP contribution in [0.1, 0.15) is 0 Å². The van der Waals surface area contributed by atoms with E-state index in [1.807, 2.05) is 419 Å². The number of fused-ring (bicyclic) bond motifs is 6. The van der Waals surface area contributed by atoms with Crippen LogP contribution in [0, 0.1) is 54.6 Å². The van der Waals surface area contributed by atoms with E-state index in [0.29, 0.717) is 0 Å². The summed E-state index contributed by atoms with van der Waals surface area (Å²) in [6, 6.07) is 179. The Bertz CT molecular complexity index is 6390. The maximum absolute atomic E-state index is 4.45. The number of aromatic nitrogens is 9. The largest absolute Gasteiger partial charge is 3.00 e. The van der Waals surface area contributed by atoms with Crippen LogP contribution in [0.4, 0.5) is 0 Å². The zero-order chi connectivity index (χ0) is 89.4. The minimum Gasteiger partial charge on any atom is -0.305 e. The molecular formula is C123H84Ir3N9. The Morgan fingerprint density at radius 2 is 0.267 bits per heavy atom. The Hall–Kier alpha value is -15.8. The van der Waals surface area contributed by atoms with Gasteiger partial charge in [-0.15, -0.1) is 323 Å². The molecule has 0 saturated heterocycles. The van der Waals surface area contributed by atoms with Crippen LogP contribution in [0.15, 0.2) is 511 Å². The summed E-state index contributed by atoms with van der Waals surface area (Å²) in [7, 11) is 0. The monoisotopic (exact) mass is 2270 g/mol. The molecule has 0 saturated carbocycles. The van der Waals surface area contributed by atoms with E-state index in [2.05, 4.69) is 172 Å². The van der Waals surface area contributed by atoms with Gasteiger partial charge in [0.15, 0.2) is 0 Å². The zero-order valence-electron chi connectivity index (χ0n) is 73.0. The molecule has 9 aromatic heterocycles. The van der Waals surface area contributed by atoms with Crippen LogP contribution in [0.2, 0.25) is 0 Å². The number of pyridine rings is 9. The first kappa shape index (κ1) is 96.7. The predicted octanol–water partition coefficient (Wildman–Crippen LogP) is 29.9. The van der Waals surface area contributed by atoms with Crippen LogP contribution >= 0.6 is 0 Å². The van der Waals surface area contributed by atoms with Crippen LogP contribution in [-0.4, -0.2) is 44.9 Å². The van der Waals surface area contributed by atoms with E-state index in [9.17, 15) is 0 Å². The second kappa shape index (κ2) is 52.3. The molecule has 0 aliphatic heterocycles. The van der Waals surface area contributed by atoms with Gasteiger partial charge in [-0.05, 0) is 170 Å². The Balaban J connectivity index is 0.000000129. The minimum atomic E-state index is 0. The third-order valence-corrected chi connectivity index (χ3v) is 20.8. The van der Waals surface area contributed by atoms with Gasteiger partial charge in [-0.25, -0.2) is 0 Å². The van der Waals surface area contributed by atoms with Gasteiger partial charge < -0.3 is 44.9 Å². The van der Waals surface area contributed by atoms with Gasteiger partial charge in [0, 0.05) is 55.8 Å². The number of hydrogen-bond acceptors (Lipinski definition) is 9. The van der Waals surface area contributed by atoms with Gasteiger partial charge in [0.1, 0.15) is 0 Å². The summed E-state index contributed by atoms with van der Waals surface area (Å²) < 4.78 is 0. The van der Waals surface area contributed by atoms with Crippen molar-refractivity contribution >= 4 is 64.6 Å². The quantitative estimate of drug-likeness (QED) is 0.130. The molecule has 0 aliphatic rings. The average Bonchev–Trinajstić information content (AvgIpc) is 0.831. The second-order valence-corrected chi connectivity index (χ2v) is 29.4. The number of rotatable bonds is 9. The summed E-state index contributed by atoms with van der Waals surface area (Å²) in [5, 5.41) is 14.3.